The normalized spacial score (nSPS) is 11.9. The van der Waals surface area contributed by atoms with Gasteiger partial charge in [0.15, 0.2) is 11.3 Å². The predicted molar refractivity (Wildman–Crippen MR) is 124 cm³/mol. The summed E-state index contributed by atoms with van der Waals surface area (Å²) >= 11 is 6.44. The summed E-state index contributed by atoms with van der Waals surface area (Å²) in [5, 5.41) is 3.35. The zero-order valence-corrected chi connectivity index (χ0v) is 19.8. The Morgan fingerprint density at radius 3 is 2.19 bits per heavy atom. The van der Waals surface area contributed by atoms with Gasteiger partial charge >= 0.3 is 12.1 Å². The lowest BCUT2D eigenvalue weighted by Crippen LogP contribution is -2.18. The summed E-state index contributed by atoms with van der Waals surface area (Å²) in [6.07, 6.45) is -5.08. The average molecular weight is 522 g/mol. The highest BCUT2D eigenvalue weighted by atomic mass is 35.5. The fraction of sp³-hybridized carbons (Fsp3) is 0.208. The average Bonchev–Trinajstić information content (AvgIpc) is 3.11. The number of rotatable bonds is 3. The number of nitrogens with zero attached hydrogens (tertiary/aromatic N) is 4. The molecule has 36 heavy (non-hydrogen) atoms. The smallest absolute Gasteiger partial charge is 0.434 e. The minimum atomic E-state index is -5.08. The lowest BCUT2D eigenvalue weighted by atomic mass is 10.1. The van der Waals surface area contributed by atoms with Crippen LogP contribution in [0, 0.1) is 18.8 Å². The van der Waals surface area contributed by atoms with E-state index in [1.807, 2.05) is 0 Å². The minimum absolute atomic E-state index is 0.0797. The van der Waals surface area contributed by atoms with E-state index in [0.717, 1.165) is 10.2 Å². The highest BCUT2D eigenvalue weighted by molar-refractivity contribution is 6.32. The van der Waals surface area contributed by atoms with Gasteiger partial charge < -0.3 is 10.5 Å². The standard InChI is InChI=1S/C24H17ClF5N5O/c1-12-10-14(5-4-13-6-8-15(36-3)9-7-13)11-16(25)18(12)35-20(31)17-19(24(28,29)30)32-22(23(2,26)27)33-21(17)34-35/h6-11H,31H2,1-3H3. The van der Waals surface area contributed by atoms with E-state index in [9.17, 15) is 22.0 Å². The first-order valence-corrected chi connectivity index (χ1v) is 10.7. The van der Waals surface area contributed by atoms with E-state index in [4.69, 9.17) is 22.1 Å². The summed E-state index contributed by atoms with van der Waals surface area (Å²) in [6, 6.07) is 10.2. The van der Waals surface area contributed by atoms with E-state index in [0.29, 0.717) is 23.8 Å². The van der Waals surface area contributed by atoms with E-state index in [-0.39, 0.29) is 10.7 Å². The van der Waals surface area contributed by atoms with Crippen LogP contribution >= 0.6 is 11.6 Å². The lowest BCUT2D eigenvalue weighted by molar-refractivity contribution is -0.140. The van der Waals surface area contributed by atoms with E-state index < -0.39 is 40.5 Å². The van der Waals surface area contributed by atoms with Gasteiger partial charge in [-0.1, -0.05) is 23.4 Å². The van der Waals surface area contributed by atoms with Gasteiger partial charge in [-0.25, -0.2) is 14.6 Å². The molecule has 0 aliphatic heterocycles. The Balaban J connectivity index is 1.83. The Morgan fingerprint density at radius 1 is 1.00 bits per heavy atom. The van der Waals surface area contributed by atoms with E-state index in [1.165, 1.54) is 6.07 Å². The van der Waals surface area contributed by atoms with Crippen LogP contribution in [0.3, 0.4) is 0 Å². The second kappa shape index (κ2) is 8.95. The Bertz CT molecular complexity index is 1510. The van der Waals surface area contributed by atoms with Crippen LogP contribution in [0.15, 0.2) is 36.4 Å². The lowest BCUT2D eigenvalue weighted by Gasteiger charge is -2.13. The van der Waals surface area contributed by atoms with Crippen molar-refractivity contribution in [2.24, 2.45) is 0 Å². The van der Waals surface area contributed by atoms with Gasteiger partial charge in [-0.2, -0.15) is 22.0 Å². The van der Waals surface area contributed by atoms with Gasteiger partial charge in [0.1, 0.15) is 11.6 Å². The third kappa shape index (κ3) is 4.77. The van der Waals surface area contributed by atoms with Crippen molar-refractivity contribution in [2.75, 3.05) is 12.8 Å². The van der Waals surface area contributed by atoms with Crippen LogP contribution in [0.4, 0.5) is 27.8 Å². The SMILES string of the molecule is COc1ccc(C#Cc2cc(C)c(-n3nc4nc(C(C)(F)F)nc(C(F)(F)F)c4c3N)c(Cl)c2)cc1. The topological polar surface area (TPSA) is 78.8 Å². The van der Waals surface area contributed by atoms with Crippen molar-refractivity contribution in [3.63, 3.8) is 0 Å². The largest absolute Gasteiger partial charge is 0.497 e. The number of fused-ring (bicyclic) bond motifs is 1. The molecule has 2 aromatic heterocycles. The molecule has 0 atom stereocenters. The molecule has 0 radical (unpaired) electrons. The number of hydrogen-bond donors (Lipinski definition) is 1. The molecule has 4 rings (SSSR count). The van der Waals surface area contributed by atoms with Crippen molar-refractivity contribution < 1.29 is 26.7 Å². The van der Waals surface area contributed by atoms with Crippen LogP contribution in [0.2, 0.25) is 5.02 Å². The van der Waals surface area contributed by atoms with E-state index >= 15 is 0 Å². The number of methoxy groups -OCH3 is 1. The molecule has 0 fully saturated rings. The van der Waals surface area contributed by atoms with Crippen LogP contribution in [-0.4, -0.2) is 26.9 Å². The third-order valence-electron chi connectivity index (χ3n) is 5.14. The molecule has 0 unspecified atom stereocenters. The maximum atomic E-state index is 13.8. The maximum Gasteiger partial charge on any atom is 0.434 e. The molecule has 0 amide bonds. The Hall–Kier alpha value is -3.91. The first-order chi connectivity index (χ1) is 16.8. The molecule has 2 N–H and O–H groups in total. The zero-order chi connectivity index (χ0) is 26.4. The number of aromatic nitrogens is 4. The number of anilines is 1. The molecule has 0 aliphatic carbocycles. The van der Waals surface area contributed by atoms with Crippen molar-refractivity contribution in [3.05, 3.63) is 69.6 Å². The van der Waals surface area contributed by atoms with Crippen molar-refractivity contribution in [3.8, 4) is 23.3 Å². The van der Waals surface area contributed by atoms with Gasteiger partial charge in [0, 0.05) is 18.1 Å². The molecule has 186 valence electrons. The van der Waals surface area contributed by atoms with Crippen LogP contribution in [0.1, 0.15) is 35.1 Å². The molecular weight excluding hydrogens is 505 g/mol. The number of halogens is 6. The van der Waals surface area contributed by atoms with E-state index in [1.54, 1.807) is 44.4 Å². The number of nitrogen functional groups attached to an aromatic ring is 1. The number of alkyl halides is 5. The summed E-state index contributed by atoms with van der Waals surface area (Å²) in [4.78, 5) is 6.59. The van der Waals surface area contributed by atoms with Gasteiger partial charge in [0.25, 0.3) is 0 Å². The monoisotopic (exact) mass is 521 g/mol. The zero-order valence-electron chi connectivity index (χ0n) is 19.0. The van der Waals surface area contributed by atoms with Crippen LogP contribution in [0.5, 0.6) is 5.75 Å². The Morgan fingerprint density at radius 2 is 1.64 bits per heavy atom. The summed E-state index contributed by atoms with van der Waals surface area (Å²) in [5.74, 6) is 1.07. The molecule has 12 heteroatoms. The fourth-order valence-corrected chi connectivity index (χ4v) is 3.83. The molecule has 0 aliphatic rings. The molecule has 2 aromatic carbocycles. The van der Waals surface area contributed by atoms with E-state index in [2.05, 4.69) is 26.9 Å². The minimum Gasteiger partial charge on any atom is -0.497 e. The highest BCUT2D eigenvalue weighted by Crippen LogP contribution is 2.39. The molecule has 0 spiro atoms. The van der Waals surface area contributed by atoms with Crippen molar-refractivity contribution >= 4 is 28.5 Å². The third-order valence-corrected chi connectivity index (χ3v) is 5.43. The predicted octanol–water partition coefficient (Wildman–Crippen LogP) is 5.90. The molecule has 0 saturated heterocycles. The second-order valence-corrected chi connectivity index (χ2v) is 8.29. The molecule has 6 nitrogen and oxygen atoms in total. The van der Waals surface area contributed by atoms with Gasteiger partial charge in [-0.05, 0) is 48.9 Å². The van der Waals surface area contributed by atoms with Gasteiger partial charge in [0.2, 0.25) is 5.82 Å². The van der Waals surface area contributed by atoms with Crippen LogP contribution in [-0.2, 0) is 12.1 Å². The maximum absolute atomic E-state index is 13.8. The summed E-state index contributed by atoms with van der Waals surface area (Å²) < 4.78 is 74.7. The Kier molecular flexibility index (Phi) is 6.26. The second-order valence-electron chi connectivity index (χ2n) is 7.88. The Labute approximate surface area is 206 Å². The summed E-state index contributed by atoms with van der Waals surface area (Å²) in [5.41, 5.74) is 5.63. The number of ether oxygens (including phenoxy) is 1. The number of aryl methyl sites for hydroxylation is 1. The van der Waals surface area contributed by atoms with Gasteiger partial charge in [0.05, 0.1) is 23.2 Å². The highest BCUT2D eigenvalue weighted by Gasteiger charge is 2.41. The van der Waals surface area contributed by atoms with Gasteiger partial charge in [-0.3, -0.25) is 0 Å². The van der Waals surface area contributed by atoms with Crippen LogP contribution in [0.25, 0.3) is 16.7 Å². The fourth-order valence-electron chi connectivity index (χ4n) is 3.48. The van der Waals surface area contributed by atoms with Gasteiger partial charge in [-0.15, -0.1) is 5.10 Å². The van der Waals surface area contributed by atoms with Crippen molar-refractivity contribution in [2.45, 2.75) is 25.9 Å². The first kappa shape index (κ1) is 25.2. The first-order valence-electron chi connectivity index (χ1n) is 10.3. The van der Waals surface area contributed by atoms with Crippen LogP contribution < -0.4 is 10.5 Å². The molecule has 2 heterocycles. The quantitative estimate of drug-likeness (QED) is 0.268. The number of nitrogens with two attached hydrogens (primary N) is 1. The summed E-state index contributed by atoms with van der Waals surface area (Å²) in [7, 11) is 1.55. The number of hydrogen-bond acceptors (Lipinski definition) is 5. The number of benzene rings is 2. The molecule has 0 saturated carbocycles. The summed E-state index contributed by atoms with van der Waals surface area (Å²) in [6.45, 7) is 2.02. The van der Waals surface area contributed by atoms with Crippen molar-refractivity contribution in [1.82, 2.24) is 19.7 Å². The molecule has 4 aromatic rings. The molecule has 0 bridgehead atoms. The van der Waals surface area contributed by atoms with Crippen molar-refractivity contribution in [1.29, 1.82) is 0 Å². The molecular formula is C24H17ClF5N5O.